The monoisotopic (exact) mass is 603 g/mol. The van der Waals surface area contributed by atoms with Crippen molar-refractivity contribution in [3.8, 4) is 11.5 Å². The lowest BCUT2D eigenvalue weighted by Gasteiger charge is -2.22. The molecule has 0 radical (unpaired) electrons. The maximum absolute atomic E-state index is 12.2. The lowest BCUT2D eigenvalue weighted by molar-refractivity contribution is -0.145. The number of hydrogen-bond acceptors (Lipinski definition) is 10. The summed E-state index contributed by atoms with van der Waals surface area (Å²) in [6.07, 6.45) is 6.01. The van der Waals surface area contributed by atoms with Gasteiger partial charge in [0.05, 0.1) is 46.1 Å². The third-order valence-corrected chi connectivity index (χ3v) is 7.97. The number of fused-ring (bicyclic) bond motifs is 1. The van der Waals surface area contributed by atoms with E-state index in [1.165, 1.54) is 11.1 Å². The molecule has 1 aliphatic heterocycles. The van der Waals surface area contributed by atoms with Gasteiger partial charge in [-0.25, -0.2) is 9.97 Å². The average molecular weight is 604 g/mol. The minimum absolute atomic E-state index is 0.225. The van der Waals surface area contributed by atoms with Gasteiger partial charge in [-0.2, -0.15) is 0 Å². The van der Waals surface area contributed by atoms with E-state index in [0.29, 0.717) is 57.3 Å². The van der Waals surface area contributed by atoms with Crippen LogP contribution < -0.4 is 10.2 Å². The Morgan fingerprint density at radius 1 is 0.886 bits per heavy atom. The van der Waals surface area contributed by atoms with Crippen LogP contribution in [0, 0.1) is 11.8 Å². The van der Waals surface area contributed by atoms with Gasteiger partial charge in [0.25, 0.3) is 0 Å². The van der Waals surface area contributed by atoms with Crippen molar-refractivity contribution in [2.24, 2.45) is 11.8 Å². The highest BCUT2D eigenvalue weighted by Crippen LogP contribution is 2.39. The van der Waals surface area contributed by atoms with Gasteiger partial charge in [-0.3, -0.25) is 9.78 Å². The Kier molecular flexibility index (Phi) is 12.3. The molecule has 3 heterocycles. The van der Waals surface area contributed by atoms with Gasteiger partial charge in [0, 0.05) is 38.5 Å². The van der Waals surface area contributed by atoms with E-state index in [-0.39, 0.29) is 12.4 Å². The first kappa shape index (κ1) is 31.8. The predicted molar refractivity (Wildman–Crippen MR) is 170 cm³/mol. The molecule has 2 unspecified atom stereocenters. The summed E-state index contributed by atoms with van der Waals surface area (Å²) in [6.45, 7) is 8.27. The Morgan fingerprint density at radius 2 is 1.59 bits per heavy atom. The van der Waals surface area contributed by atoms with Crippen LogP contribution in [0.4, 0.5) is 11.6 Å². The predicted octanol–water partition coefficient (Wildman–Crippen LogP) is 4.58. The lowest BCUT2D eigenvalue weighted by atomic mass is 10.0. The van der Waals surface area contributed by atoms with Gasteiger partial charge in [-0.15, -0.1) is 0 Å². The maximum atomic E-state index is 12.2. The molecule has 5 rings (SSSR count). The van der Waals surface area contributed by atoms with Gasteiger partial charge in [0.2, 0.25) is 0 Å². The maximum Gasteiger partial charge on any atom is 0.308 e. The Bertz CT molecular complexity index is 1280. The van der Waals surface area contributed by atoms with Crippen LogP contribution in [0.15, 0.2) is 54.7 Å². The molecular formula is C34H45N5O5. The van der Waals surface area contributed by atoms with E-state index in [9.17, 15) is 4.79 Å². The van der Waals surface area contributed by atoms with E-state index in [1.54, 1.807) is 6.20 Å². The van der Waals surface area contributed by atoms with Crippen molar-refractivity contribution in [3.05, 3.63) is 65.9 Å². The molecule has 1 aromatic carbocycles. The Morgan fingerprint density at radius 3 is 2.30 bits per heavy atom. The molecule has 0 amide bonds. The number of hydrogen-bond donors (Lipinski definition) is 1. The molecule has 2 atom stereocenters. The van der Waals surface area contributed by atoms with Crippen LogP contribution in [0.25, 0.3) is 11.5 Å². The minimum Gasteiger partial charge on any atom is -0.465 e. The summed E-state index contributed by atoms with van der Waals surface area (Å²) in [5.41, 5.74) is 3.57. The van der Waals surface area contributed by atoms with Crippen molar-refractivity contribution < 1.29 is 23.7 Å². The number of nitrogens with one attached hydrogen (secondary N) is 1. The first-order chi connectivity index (χ1) is 21.7. The smallest absolute Gasteiger partial charge is 0.308 e. The zero-order valence-corrected chi connectivity index (χ0v) is 25.8. The first-order valence-electron chi connectivity index (χ1n) is 15.9. The average Bonchev–Trinajstić information content (AvgIpc) is 3.86. The fourth-order valence-electron chi connectivity index (χ4n) is 5.31. The van der Waals surface area contributed by atoms with Crippen LogP contribution in [0.5, 0.6) is 0 Å². The SMILES string of the molecule is CCCOCCOCCOCCC(=O)OCC1CC1CNc1cc(N2CCc3ccccc3CC2)nc(-c2ccccn2)n1. The number of rotatable bonds is 18. The van der Waals surface area contributed by atoms with Crippen molar-refractivity contribution in [2.45, 2.75) is 39.0 Å². The molecule has 3 aromatic rings. The Labute approximate surface area is 260 Å². The van der Waals surface area contributed by atoms with Crippen LogP contribution in [-0.4, -0.2) is 86.8 Å². The van der Waals surface area contributed by atoms with Crippen molar-refractivity contribution in [3.63, 3.8) is 0 Å². The van der Waals surface area contributed by atoms with Gasteiger partial charge >= 0.3 is 5.97 Å². The fourth-order valence-corrected chi connectivity index (χ4v) is 5.31. The molecule has 1 saturated carbocycles. The summed E-state index contributed by atoms with van der Waals surface area (Å²) < 4.78 is 21.8. The fraction of sp³-hybridized carbons (Fsp3) is 0.529. The number of pyridine rings is 1. The number of carbonyl (C=O) groups excluding carboxylic acids is 1. The van der Waals surface area contributed by atoms with Crippen LogP contribution in [-0.2, 0) is 36.6 Å². The number of ether oxygens (including phenoxy) is 4. The molecule has 1 N–H and O–H groups in total. The number of anilines is 2. The second-order valence-electron chi connectivity index (χ2n) is 11.3. The number of esters is 1. The molecule has 236 valence electrons. The molecule has 0 spiro atoms. The largest absolute Gasteiger partial charge is 0.465 e. The molecule has 0 bridgehead atoms. The van der Waals surface area contributed by atoms with Gasteiger partial charge in [0.1, 0.15) is 17.3 Å². The van der Waals surface area contributed by atoms with Crippen LogP contribution in [0.1, 0.15) is 37.3 Å². The number of carbonyl (C=O) groups is 1. The molecule has 10 heteroatoms. The van der Waals surface area contributed by atoms with Gasteiger partial charge in [0.15, 0.2) is 5.82 Å². The van der Waals surface area contributed by atoms with E-state index in [1.807, 2.05) is 24.3 Å². The van der Waals surface area contributed by atoms with Gasteiger partial charge in [-0.1, -0.05) is 37.3 Å². The van der Waals surface area contributed by atoms with Gasteiger partial charge < -0.3 is 29.2 Å². The third-order valence-electron chi connectivity index (χ3n) is 7.97. The summed E-state index contributed by atoms with van der Waals surface area (Å²) in [4.78, 5) is 28.7. The summed E-state index contributed by atoms with van der Waals surface area (Å²) in [6, 6.07) is 16.5. The lowest BCUT2D eigenvalue weighted by Crippen LogP contribution is -2.27. The normalized spacial score (nSPS) is 17.5. The molecule has 44 heavy (non-hydrogen) atoms. The van der Waals surface area contributed by atoms with Crippen molar-refractivity contribution in [1.82, 2.24) is 15.0 Å². The summed E-state index contributed by atoms with van der Waals surface area (Å²) >= 11 is 0. The van der Waals surface area contributed by atoms with E-state index >= 15 is 0 Å². The highest BCUT2D eigenvalue weighted by molar-refractivity contribution is 5.69. The molecule has 0 saturated heterocycles. The van der Waals surface area contributed by atoms with E-state index in [4.69, 9.17) is 28.9 Å². The standard InChI is InChI=1S/C34H45N5O5/c1-2-16-41-18-20-43-21-19-42-17-12-33(40)44-25-29-22-28(29)24-36-31-23-32(38-34(37-31)30-9-5-6-13-35-30)39-14-10-26-7-3-4-8-27(26)11-15-39/h3-9,13,23,28-29H,2,10-12,14-22,24-25H2,1H3,(H,36,37,38). The highest BCUT2D eigenvalue weighted by Gasteiger charge is 2.37. The third kappa shape index (κ3) is 9.97. The summed E-state index contributed by atoms with van der Waals surface area (Å²) in [5.74, 6) is 2.88. The number of benzene rings is 1. The van der Waals surface area contributed by atoms with Crippen LogP contribution >= 0.6 is 0 Å². The first-order valence-corrected chi connectivity index (χ1v) is 15.9. The quantitative estimate of drug-likeness (QED) is 0.164. The van der Waals surface area contributed by atoms with Crippen molar-refractivity contribution in [2.75, 3.05) is 76.1 Å². The Balaban J connectivity index is 1.05. The molecular weight excluding hydrogens is 558 g/mol. The van der Waals surface area contributed by atoms with Crippen LogP contribution in [0.2, 0.25) is 0 Å². The second-order valence-corrected chi connectivity index (χ2v) is 11.3. The van der Waals surface area contributed by atoms with Crippen molar-refractivity contribution >= 4 is 17.6 Å². The molecule has 10 nitrogen and oxygen atoms in total. The molecule has 1 aliphatic carbocycles. The summed E-state index contributed by atoms with van der Waals surface area (Å²) in [5, 5.41) is 3.53. The number of aromatic nitrogens is 3. The zero-order valence-electron chi connectivity index (χ0n) is 25.8. The van der Waals surface area contributed by atoms with Gasteiger partial charge in [-0.05, 0) is 60.8 Å². The van der Waals surface area contributed by atoms with E-state index in [0.717, 1.165) is 69.3 Å². The molecule has 1 fully saturated rings. The van der Waals surface area contributed by atoms with Crippen LogP contribution in [0.3, 0.4) is 0 Å². The van der Waals surface area contributed by atoms with E-state index in [2.05, 4.69) is 46.4 Å². The van der Waals surface area contributed by atoms with Crippen molar-refractivity contribution in [1.29, 1.82) is 0 Å². The zero-order chi connectivity index (χ0) is 30.4. The van der Waals surface area contributed by atoms with E-state index < -0.39 is 0 Å². The second kappa shape index (κ2) is 17.0. The number of nitrogens with zero attached hydrogens (tertiary/aromatic N) is 4. The summed E-state index contributed by atoms with van der Waals surface area (Å²) in [7, 11) is 0. The highest BCUT2D eigenvalue weighted by atomic mass is 16.5. The topological polar surface area (TPSA) is 108 Å². The Hall–Kier alpha value is -3.60. The molecule has 2 aliphatic rings. The molecule has 2 aromatic heterocycles. The minimum atomic E-state index is -0.225.